The van der Waals surface area contributed by atoms with Gasteiger partial charge in [0.05, 0.1) is 26.5 Å². The summed E-state index contributed by atoms with van der Waals surface area (Å²) in [5, 5.41) is 3.27. The molecule has 0 saturated carbocycles. The summed E-state index contributed by atoms with van der Waals surface area (Å²) < 4.78 is 16.0. The van der Waals surface area contributed by atoms with Gasteiger partial charge in [-0.05, 0) is 31.2 Å². The minimum absolute atomic E-state index is 0.622. The molecule has 0 amide bonds. The number of anilines is 1. The quantitative estimate of drug-likeness (QED) is 0.881. The molecule has 1 heterocycles. The molecular weight excluding hydrogens is 230 g/mol. The Hall–Kier alpha value is -2.10. The molecule has 0 radical (unpaired) electrons. The van der Waals surface area contributed by atoms with Crippen molar-refractivity contribution in [3.8, 4) is 11.5 Å². The largest absolute Gasteiger partial charge is 0.497 e. The lowest BCUT2D eigenvalue weighted by Gasteiger charge is -2.11. The van der Waals surface area contributed by atoms with Crippen LogP contribution >= 0.6 is 0 Å². The van der Waals surface area contributed by atoms with Crippen LogP contribution < -0.4 is 14.8 Å². The summed E-state index contributed by atoms with van der Waals surface area (Å²) >= 11 is 0. The minimum Gasteiger partial charge on any atom is -0.497 e. The standard InChI is InChI=1S/C14H17NO3/c1-10-4-5-12(18-10)9-15-13-7-6-11(16-2)8-14(13)17-3/h4-8,15H,9H2,1-3H3. The fourth-order valence-electron chi connectivity index (χ4n) is 1.71. The van der Waals surface area contributed by atoms with Crippen molar-refractivity contribution >= 4 is 5.69 Å². The first-order valence-electron chi connectivity index (χ1n) is 5.74. The smallest absolute Gasteiger partial charge is 0.145 e. The van der Waals surface area contributed by atoms with E-state index in [1.54, 1.807) is 14.2 Å². The van der Waals surface area contributed by atoms with Gasteiger partial charge in [-0.3, -0.25) is 0 Å². The lowest BCUT2D eigenvalue weighted by atomic mass is 10.2. The van der Waals surface area contributed by atoms with Crippen molar-refractivity contribution < 1.29 is 13.9 Å². The van der Waals surface area contributed by atoms with Crippen LogP contribution in [0.4, 0.5) is 5.69 Å². The molecule has 2 rings (SSSR count). The van der Waals surface area contributed by atoms with Gasteiger partial charge in [-0.25, -0.2) is 0 Å². The number of nitrogens with one attached hydrogen (secondary N) is 1. The van der Waals surface area contributed by atoms with E-state index in [1.165, 1.54) is 0 Å². The number of ether oxygens (including phenoxy) is 2. The van der Waals surface area contributed by atoms with Gasteiger partial charge in [-0.2, -0.15) is 0 Å². The second kappa shape index (κ2) is 5.49. The number of hydrogen-bond donors (Lipinski definition) is 1. The first-order chi connectivity index (χ1) is 8.72. The maximum Gasteiger partial charge on any atom is 0.145 e. The molecule has 0 spiro atoms. The van der Waals surface area contributed by atoms with Gasteiger partial charge in [0.25, 0.3) is 0 Å². The Bertz CT molecular complexity index is 520. The highest BCUT2D eigenvalue weighted by atomic mass is 16.5. The van der Waals surface area contributed by atoms with Crippen LogP contribution in [0.5, 0.6) is 11.5 Å². The van der Waals surface area contributed by atoms with Gasteiger partial charge in [0.1, 0.15) is 23.0 Å². The van der Waals surface area contributed by atoms with E-state index in [-0.39, 0.29) is 0 Å². The van der Waals surface area contributed by atoms with E-state index in [2.05, 4.69) is 5.32 Å². The molecule has 96 valence electrons. The van der Waals surface area contributed by atoms with E-state index in [1.807, 2.05) is 37.3 Å². The third-order valence-electron chi connectivity index (χ3n) is 2.66. The average Bonchev–Trinajstić information content (AvgIpc) is 2.82. The lowest BCUT2D eigenvalue weighted by Crippen LogP contribution is -2.00. The van der Waals surface area contributed by atoms with Crippen molar-refractivity contribution in [2.45, 2.75) is 13.5 Å². The maximum absolute atomic E-state index is 5.50. The molecule has 4 nitrogen and oxygen atoms in total. The van der Waals surface area contributed by atoms with E-state index < -0.39 is 0 Å². The number of furan rings is 1. The van der Waals surface area contributed by atoms with Gasteiger partial charge in [0, 0.05) is 6.07 Å². The summed E-state index contributed by atoms with van der Waals surface area (Å²) in [5.74, 6) is 3.32. The zero-order chi connectivity index (χ0) is 13.0. The third kappa shape index (κ3) is 2.77. The van der Waals surface area contributed by atoms with Gasteiger partial charge in [0.15, 0.2) is 0 Å². The summed E-state index contributed by atoms with van der Waals surface area (Å²) in [6.45, 7) is 2.55. The molecule has 1 N–H and O–H groups in total. The third-order valence-corrected chi connectivity index (χ3v) is 2.66. The molecular formula is C14H17NO3. The van der Waals surface area contributed by atoms with Crippen LogP contribution in [0.25, 0.3) is 0 Å². The van der Waals surface area contributed by atoms with Crippen molar-refractivity contribution in [1.29, 1.82) is 0 Å². The van der Waals surface area contributed by atoms with Crippen molar-refractivity contribution in [1.82, 2.24) is 0 Å². The SMILES string of the molecule is COc1ccc(NCc2ccc(C)o2)c(OC)c1. The number of rotatable bonds is 5. The Labute approximate surface area is 107 Å². The number of methoxy groups -OCH3 is 2. The molecule has 0 atom stereocenters. The Balaban J connectivity index is 2.08. The monoisotopic (exact) mass is 247 g/mol. The van der Waals surface area contributed by atoms with Gasteiger partial charge >= 0.3 is 0 Å². The second-order valence-electron chi connectivity index (χ2n) is 3.93. The van der Waals surface area contributed by atoms with E-state index in [4.69, 9.17) is 13.9 Å². The van der Waals surface area contributed by atoms with Crippen LogP contribution in [0.3, 0.4) is 0 Å². The van der Waals surface area contributed by atoms with Crippen LogP contribution in [0, 0.1) is 6.92 Å². The molecule has 0 aliphatic heterocycles. The number of hydrogen-bond acceptors (Lipinski definition) is 4. The average molecular weight is 247 g/mol. The second-order valence-corrected chi connectivity index (χ2v) is 3.93. The highest BCUT2D eigenvalue weighted by Gasteiger charge is 2.05. The van der Waals surface area contributed by atoms with Crippen LogP contribution in [0.15, 0.2) is 34.7 Å². The maximum atomic E-state index is 5.50. The molecule has 1 aromatic carbocycles. The Morgan fingerprint density at radius 2 is 1.94 bits per heavy atom. The number of benzene rings is 1. The molecule has 1 aromatic heterocycles. The zero-order valence-electron chi connectivity index (χ0n) is 10.8. The molecule has 0 bridgehead atoms. The van der Waals surface area contributed by atoms with E-state index in [9.17, 15) is 0 Å². The highest BCUT2D eigenvalue weighted by molar-refractivity contribution is 5.59. The Morgan fingerprint density at radius 1 is 1.11 bits per heavy atom. The summed E-state index contributed by atoms with van der Waals surface area (Å²) in [7, 11) is 3.27. The summed E-state index contributed by atoms with van der Waals surface area (Å²) in [6.07, 6.45) is 0. The fraction of sp³-hybridized carbons (Fsp3) is 0.286. The first-order valence-corrected chi connectivity index (χ1v) is 5.74. The Kier molecular flexibility index (Phi) is 3.77. The van der Waals surface area contributed by atoms with Crippen molar-refractivity contribution in [2.75, 3.05) is 19.5 Å². The summed E-state index contributed by atoms with van der Waals surface area (Å²) in [5.41, 5.74) is 0.910. The van der Waals surface area contributed by atoms with E-state index in [0.29, 0.717) is 6.54 Å². The molecule has 0 aliphatic rings. The van der Waals surface area contributed by atoms with E-state index in [0.717, 1.165) is 28.7 Å². The molecule has 4 heteroatoms. The van der Waals surface area contributed by atoms with Crippen LogP contribution in [0.2, 0.25) is 0 Å². The van der Waals surface area contributed by atoms with Gasteiger partial charge in [-0.1, -0.05) is 0 Å². The van der Waals surface area contributed by atoms with Crippen molar-refractivity contribution in [3.63, 3.8) is 0 Å². The predicted molar refractivity (Wildman–Crippen MR) is 70.3 cm³/mol. The van der Waals surface area contributed by atoms with Crippen LogP contribution in [-0.4, -0.2) is 14.2 Å². The van der Waals surface area contributed by atoms with Crippen molar-refractivity contribution in [2.24, 2.45) is 0 Å². The van der Waals surface area contributed by atoms with Crippen molar-refractivity contribution in [3.05, 3.63) is 41.9 Å². The molecule has 18 heavy (non-hydrogen) atoms. The van der Waals surface area contributed by atoms with Crippen LogP contribution in [-0.2, 0) is 6.54 Å². The predicted octanol–water partition coefficient (Wildman–Crippen LogP) is 3.22. The van der Waals surface area contributed by atoms with Crippen LogP contribution in [0.1, 0.15) is 11.5 Å². The molecule has 0 unspecified atom stereocenters. The lowest BCUT2D eigenvalue weighted by molar-refractivity contribution is 0.395. The van der Waals surface area contributed by atoms with E-state index >= 15 is 0 Å². The van der Waals surface area contributed by atoms with Gasteiger partial charge in [0.2, 0.25) is 0 Å². The van der Waals surface area contributed by atoms with Gasteiger partial charge < -0.3 is 19.2 Å². The van der Waals surface area contributed by atoms with Gasteiger partial charge in [-0.15, -0.1) is 0 Å². The molecule has 2 aromatic rings. The summed E-state index contributed by atoms with van der Waals surface area (Å²) in [4.78, 5) is 0. The topological polar surface area (TPSA) is 43.6 Å². The highest BCUT2D eigenvalue weighted by Crippen LogP contribution is 2.29. The molecule has 0 fully saturated rings. The number of aryl methyl sites for hydroxylation is 1. The minimum atomic E-state index is 0.622. The molecule has 0 saturated heterocycles. The summed E-state index contributed by atoms with van der Waals surface area (Å²) in [6, 6.07) is 9.56. The zero-order valence-corrected chi connectivity index (χ0v) is 10.8. The Morgan fingerprint density at radius 3 is 2.56 bits per heavy atom. The fourth-order valence-corrected chi connectivity index (χ4v) is 1.71. The first kappa shape index (κ1) is 12.4. The molecule has 0 aliphatic carbocycles. The normalized spacial score (nSPS) is 10.2.